The number of aliphatic carboxylic acids is 1. The number of hydrogen-bond acceptors (Lipinski definition) is 5. The molecule has 2 aliphatic heterocycles. The number of nitrogens with one attached hydrogen (secondary N) is 1. The Morgan fingerprint density at radius 2 is 1.85 bits per heavy atom. The second-order valence-electron chi connectivity index (χ2n) is 6.21. The van der Waals surface area contributed by atoms with Gasteiger partial charge < -0.3 is 15.3 Å². The number of benzene rings is 1. The molecule has 2 amide bonds. The maximum Gasteiger partial charge on any atom is 0.326 e. The number of piperazine rings is 1. The molecule has 2 N–H and O–H groups in total. The van der Waals surface area contributed by atoms with Gasteiger partial charge in [0.05, 0.1) is 11.4 Å². The lowest BCUT2D eigenvalue weighted by atomic mass is 10.1. The third-order valence-electron chi connectivity index (χ3n) is 4.54. The Balaban J connectivity index is 1.79. The van der Waals surface area contributed by atoms with E-state index in [1.54, 1.807) is 0 Å². The van der Waals surface area contributed by atoms with E-state index in [4.69, 9.17) is 0 Å². The van der Waals surface area contributed by atoms with Crippen LogP contribution in [0, 0.1) is 0 Å². The first-order chi connectivity index (χ1) is 12.3. The van der Waals surface area contributed by atoms with Crippen LogP contribution in [-0.2, 0) is 19.6 Å². The Kier molecular flexibility index (Phi) is 4.97. The number of hydrogen-bond donors (Lipinski definition) is 2. The minimum Gasteiger partial charge on any atom is -0.480 e. The number of sulfonamides is 1. The van der Waals surface area contributed by atoms with Gasteiger partial charge in [0.25, 0.3) is 5.91 Å². The Hall–Kier alpha value is -2.46. The summed E-state index contributed by atoms with van der Waals surface area (Å²) in [4.78, 5) is 36.4. The van der Waals surface area contributed by atoms with Crippen molar-refractivity contribution in [3.8, 4) is 0 Å². The first-order valence-electron chi connectivity index (χ1n) is 8.21. The lowest BCUT2D eigenvalue weighted by Gasteiger charge is -2.26. The maximum absolute atomic E-state index is 12.6. The summed E-state index contributed by atoms with van der Waals surface area (Å²) in [5.74, 6) is -1.84. The minimum absolute atomic E-state index is 0.0139. The number of carboxylic acid groups (broad SMARTS) is 1. The number of carbonyl (C=O) groups excluding carboxylic acids is 2. The largest absolute Gasteiger partial charge is 0.480 e. The van der Waals surface area contributed by atoms with Gasteiger partial charge in [-0.3, -0.25) is 9.59 Å². The van der Waals surface area contributed by atoms with Gasteiger partial charge in [-0.1, -0.05) is 0 Å². The summed E-state index contributed by atoms with van der Waals surface area (Å²) in [5, 5.41) is 11.7. The summed E-state index contributed by atoms with van der Waals surface area (Å²) in [6.45, 7) is 0.554. The first kappa shape index (κ1) is 18.3. The van der Waals surface area contributed by atoms with E-state index < -0.39 is 27.9 Å². The average Bonchev–Trinajstić information content (AvgIpc) is 3.11. The Labute approximate surface area is 150 Å². The van der Waals surface area contributed by atoms with Crippen LogP contribution in [0.2, 0.25) is 0 Å². The highest BCUT2D eigenvalue weighted by Crippen LogP contribution is 2.22. The van der Waals surface area contributed by atoms with Crippen molar-refractivity contribution in [2.45, 2.75) is 23.8 Å². The number of likely N-dealkylation sites (tertiary alicyclic amines) is 1. The summed E-state index contributed by atoms with van der Waals surface area (Å²) in [5.41, 5.74) is 0.230. The molecular weight excluding hydrogens is 362 g/mol. The molecule has 2 aliphatic rings. The zero-order chi connectivity index (χ0) is 18.9. The van der Waals surface area contributed by atoms with Gasteiger partial charge in [-0.2, -0.15) is 4.31 Å². The predicted octanol–water partition coefficient (Wildman–Crippen LogP) is -0.504. The van der Waals surface area contributed by atoms with Crippen molar-refractivity contribution in [1.82, 2.24) is 14.5 Å². The first-order valence-corrected chi connectivity index (χ1v) is 9.65. The molecule has 140 valence electrons. The fraction of sp³-hybridized carbons (Fsp3) is 0.438. The fourth-order valence-corrected chi connectivity index (χ4v) is 4.57. The van der Waals surface area contributed by atoms with E-state index >= 15 is 0 Å². The molecule has 0 aromatic heterocycles. The van der Waals surface area contributed by atoms with Gasteiger partial charge in [0.1, 0.15) is 6.04 Å². The molecule has 10 heteroatoms. The van der Waals surface area contributed by atoms with E-state index in [1.165, 1.54) is 29.2 Å². The summed E-state index contributed by atoms with van der Waals surface area (Å²) in [6, 6.07) is 4.51. The van der Waals surface area contributed by atoms with Crippen molar-refractivity contribution in [3.05, 3.63) is 29.8 Å². The number of nitrogens with zero attached hydrogens (tertiary/aromatic N) is 2. The van der Waals surface area contributed by atoms with E-state index in [1.807, 2.05) is 0 Å². The summed E-state index contributed by atoms with van der Waals surface area (Å²) in [7, 11) is -3.83. The Morgan fingerprint density at radius 1 is 1.15 bits per heavy atom. The van der Waals surface area contributed by atoms with Crippen LogP contribution in [0.25, 0.3) is 0 Å². The minimum atomic E-state index is -3.83. The van der Waals surface area contributed by atoms with E-state index in [2.05, 4.69) is 5.32 Å². The molecule has 0 spiro atoms. The van der Waals surface area contributed by atoms with E-state index in [0.29, 0.717) is 19.4 Å². The van der Waals surface area contributed by atoms with Crippen LogP contribution in [0.5, 0.6) is 0 Å². The topological polar surface area (TPSA) is 124 Å². The highest BCUT2D eigenvalue weighted by Gasteiger charge is 2.35. The Bertz CT molecular complexity index is 836. The van der Waals surface area contributed by atoms with Crippen molar-refractivity contribution < 1.29 is 27.9 Å². The molecule has 1 unspecified atom stereocenters. The second kappa shape index (κ2) is 7.04. The molecule has 26 heavy (non-hydrogen) atoms. The third kappa shape index (κ3) is 3.42. The van der Waals surface area contributed by atoms with Gasteiger partial charge in [0, 0.05) is 25.2 Å². The molecule has 0 saturated carbocycles. The van der Waals surface area contributed by atoms with Crippen LogP contribution in [0.3, 0.4) is 0 Å². The molecule has 1 aromatic carbocycles. The molecule has 1 aromatic rings. The van der Waals surface area contributed by atoms with Crippen molar-refractivity contribution in [1.29, 1.82) is 0 Å². The number of amides is 2. The maximum atomic E-state index is 12.6. The molecule has 9 nitrogen and oxygen atoms in total. The van der Waals surface area contributed by atoms with Crippen molar-refractivity contribution in [2.24, 2.45) is 0 Å². The second-order valence-corrected chi connectivity index (χ2v) is 8.15. The molecule has 0 radical (unpaired) electrons. The number of carboxylic acids is 1. The summed E-state index contributed by atoms with van der Waals surface area (Å²) in [6.07, 6.45) is 1.02. The molecular formula is C16H19N3O6S. The highest BCUT2D eigenvalue weighted by molar-refractivity contribution is 7.89. The quantitative estimate of drug-likeness (QED) is 0.724. The molecule has 3 rings (SSSR count). The zero-order valence-electron chi connectivity index (χ0n) is 13.9. The molecule has 0 aliphatic carbocycles. The van der Waals surface area contributed by atoms with Crippen LogP contribution in [0.4, 0.5) is 0 Å². The normalized spacial score (nSPS) is 21.5. The van der Waals surface area contributed by atoms with E-state index in [0.717, 1.165) is 4.31 Å². The lowest BCUT2D eigenvalue weighted by molar-refractivity contribution is -0.141. The SMILES string of the molecule is O=C1CN(S(=O)(=O)c2ccc(C(=O)N3CCCC3C(=O)O)cc2)CCN1. The fourth-order valence-electron chi connectivity index (χ4n) is 3.17. The summed E-state index contributed by atoms with van der Waals surface area (Å²) >= 11 is 0. The molecule has 2 saturated heterocycles. The Morgan fingerprint density at radius 3 is 2.46 bits per heavy atom. The van der Waals surface area contributed by atoms with Crippen LogP contribution in [-0.4, -0.2) is 72.7 Å². The van der Waals surface area contributed by atoms with Crippen molar-refractivity contribution in [3.63, 3.8) is 0 Å². The van der Waals surface area contributed by atoms with Crippen LogP contribution in [0.15, 0.2) is 29.2 Å². The number of rotatable bonds is 4. The lowest BCUT2D eigenvalue weighted by Crippen LogP contribution is -2.49. The van der Waals surface area contributed by atoms with Gasteiger partial charge in [-0.15, -0.1) is 0 Å². The van der Waals surface area contributed by atoms with Crippen molar-refractivity contribution >= 4 is 27.8 Å². The molecule has 2 heterocycles. The van der Waals surface area contributed by atoms with E-state index in [-0.39, 0.29) is 36.0 Å². The highest BCUT2D eigenvalue weighted by atomic mass is 32.2. The van der Waals surface area contributed by atoms with Gasteiger partial charge in [-0.05, 0) is 37.1 Å². The standard InChI is InChI=1S/C16H19N3O6S/c20-14-10-18(9-7-17-14)26(24,25)12-5-3-11(4-6-12)15(21)19-8-1-2-13(19)16(22)23/h3-6,13H,1-2,7-10H2,(H,17,20)(H,22,23). The van der Waals surface area contributed by atoms with Gasteiger partial charge in [0.15, 0.2) is 0 Å². The van der Waals surface area contributed by atoms with Gasteiger partial charge in [0.2, 0.25) is 15.9 Å². The monoisotopic (exact) mass is 381 g/mol. The van der Waals surface area contributed by atoms with Crippen molar-refractivity contribution in [2.75, 3.05) is 26.2 Å². The van der Waals surface area contributed by atoms with Crippen LogP contribution in [0.1, 0.15) is 23.2 Å². The molecule has 2 fully saturated rings. The van der Waals surface area contributed by atoms with Crippen LogP contribution >= 0.6 is 0 Å². The zero-order valence-corrected chi connectivity index (χ0v) is 14.7. The molecule has 0 bridgehead atoms. The van der Waals surface area contributed by atoms with E-state index in [9.17, 15) is 27.9 Å². The number of carbonyl (C=O) groups is 3. The summed E-state index contributed by atoms with van der Waals surface area (Å²) < 4.78 is 26.3. The van der Waals surface area contributed by atoms with Crippen LogP contribution < -0.4 is 5.32 Å². The average molecular weight is 381 g/mol. The third-order valence-corrected chi connectivity index (χ3v) is 6.40. The van der Waals surface area contributed by atoms with Gasteiger partial charge in [-0.25, -0.2) is 13.2 Å². The predicted molar refractivity (Wildman–Crippen MR) is 89.9 cm³/mol. The smallest absolute Gasteiger partial charge is 0.326 e. The molecule has 1 atom stereocenters. The van der Waals surface area contributed by atoms with Gasteiger partial charge >= 0.3 is 5.97 Å².